The number of aliphatic hydroxyl groups is 2. The van der Waals surface area contributed by atoms with E-state index >= 15 is 4.79 Å². The molecule has 2 bridgehead atoms. The molecule has 0 aromatic heterocycles. The van der Waals surface area contributed by atoms with Crippen molar-refractivity contribution in [2.24, 2.45) is 16.7 Å². The van der Waals surface area contributed by atoms with Crippen molar-refractivity contribution in [2.45, 2.75) is 161 Å². The molecule has 1 unspecified atom stereocenters. The molecule has 4 aliphatic rings. The summed E-state index contributed by atoms with van der Waals surface area (Å²) < 4.78 is 55.3. The van der Waals surface area contributed by atoms with Crippen molar-refractivity contribution in [1.29, 1.82) is 0 Å². The van der Waals surface area contributed by atoms with Crippen molar-refractivity contribution in [3.63, 3.8) is 0 Å². The molecule has 3 fully saturated rings. The van der Waals surface area contributed by atoms with E-state index in [1.54, 1.807) is 123 Å². The number of benzene rings is 2. The molecule has 0 radical (unpaired) electrons. The monoisotopic (exact) mass is 937 g/mol. The van der Waals surface area contributed by atoms with E-state index in [-0.39, 0.29) is 30.8 Å². The third-order valence-corrected chi connectivity index (χ3v) is 14.0. The Balaban J connectivity index is 1.58. The van der Waals surface area contributed by atoms with Crippen LogP contribution in [0.25, 0.3) is 0 Å². The fraction of sp³-hybridized carbons (Fsp3) is 0.620. The van der Waals surface area contributed by atoms with Crippen LogP contribution in [-0.4, -0.2) is 126 Å². The highest BCUT2D eigenvalue weighted by molar-refractivity contribution is 5.89. The van der Waals surface area contributed by atoms with Gasteiger partial charge in [0.25, 0.3) is 0 Å². The van der Waals surface area contributed by atoms with Crippen molar-refractivity contribution in [2.75, 3.05) is 20.3 Å². The van der Waals surface area contributed by atoms with E-state index in [2.05, 4.69) is 5.32 Å². The lowest BCUT2D eigenvalue weighted by Crippen LogP contribution is -2.82. The fourth-order valence-electron chi connectivity index (χ4n) is 11.0. The first-order valence-corrected chi connectivity index (χ1v) is 22.8. The SMILES string of the molecule is CCOC(C)O[C@@H](C(=O)O[C@H]1C[C@@]2(O)[C@@H](OC(=O)c3ccccc3)[C@@H]3[C@]4(OC(C)=O)CO[C@@H]4C[C@H](OC)[C@@]3(C)[C@@H](O)[C@H](OC(C)=O)C(=C1C)C2(C)C)[C@@H](NC(=O)OC(C)(C)C)c1ccccc1. The molecular formula is C50H67NO16. The smallest absolute Gasteiger partial charge is 0.408 e. The Morgan fingerprint density at radius 3 is 2.09 bits per heavy atom. The van der Waals surface area contributed by atoms with Gasteiger partial charge >= 0.3 is 30.0 Å². The van der Waals surface area contributed by atoms with Gasteiger partial charge < -0.3 is 58.2 Å². The van der Waals surface area contributed by atoms with Crippen LogP contribution in [-0.2, 0) is 57.0 Å². The number of aliphatic hydroxyl groups excluding tert-OH is 1. The number of alkyl carbamates (subject to hydrolysis) is 1. The van der Waals surface area contributed by atoms with Crippen LogP contribution in [0, 0.1) is 16.7 Å². The Labute approximate surface area is 392 Å². The summed E-state index contributed by atoms with van der Waals surface area (Å²) in [5.74, 6) is -4.67. The summed E-state index contributed by atoms with van der Waals surface area (Å²) in [6.07, 6.45) is -11.9. The fourth-order valence-corrected chi connectivity index (χ4v) is 11.0. The Kier molecular flexibility index (Phi) is 15.1. The van der Waals surface area contributed by atoms with Gasteiger partial charge in [-0.3, -0.25) is 9.59 Å². The number of hydrogen-bond donors (Lipinski definition) is 3. The third kappa shape index (κ3) is 9.73. The van der Waals surface area contributed by atoms with Crippen LogP contribution in [0.3, 0.4) is 0 Å². The zero-order valence-corrected chi connectivity index (χ0v) is 40.5. The first kappa shape index (κ1) is 51.5. The maximum atomic E-state index is 15.1. The Morgan fingerprint density at radius 2 is 1.55 bits per heavy atom. The standard InChI is InChI=1S/C50H67NO16/c1-13-60-30(5)63-39(37(31-20-16-14-17-21-31)51-45(57)67-46(6,7)8)44(56)64-33-25-50(58)42(65-43(55)32-22-18-15-19-23-32)40-48(11,34(59-12)24-35-49(40,26-61-35)66-29(4)53)41(54)38(62-28(3)52)36(27(33)2)47(50,9)10/h14-23,30,33-35,37-42,54,58H,13,24-26H2,1-12H3,(H,51,57)/t30?,33-,34-,35+,37-,38+,39+,40-,41-,42-,48+,49-,50+/m0/s1. The van der Waals surface area contributed by atoms with Gasteiger partial charge in [-0.25, -0.2) is 14.4 Å². The molecule has 2 aromatic rings. The summed E-state index contributed by atoms with van der Waals surface area (Å²) >= 11 is 0. The van der Waals surface area contributed by atoms with E-state index in [0.29, 0.717) is 11.1 Å². The largest absolute Gasteiger partial charge is 0.456 e. The molecule has 0 spiro atoms. The minimum absolute atomic E-state index is 0.0988. The second-order valence-electron chi connectivity index (χ2n) is 19.7. The van der Waals surface area contributed by atoms with Gasteiger partial charge in [0.05, 0.1) is 30.2 Å². The number of hydrogen-bond acceptors (Lipinski definition) is 16. The van der Waals surface area contributed by atoms with E-state index in [1.807, 2.05) is 0 Å². The Hall–Kier alpha value is -4.91. The number of methoxy groups -OCH3 is 1. The first-order chi connectivity index (χ1) is 31.4. The summed E-state index contributed by atoms with van der Waals surface area (Å²) in [6, 6.07) is 15.5. The number of nitrogens with one attached hydrogen (secondary N) is 1. The first-order valence-electron chi connectivity index (χ1n) is 22.8. The molecule has 1 amide bonds. The molecule has 6 rings (SSSR count). The molecule has 1 aliphatic heterocycles. The molecule has 2 saturated carbocycles. The Bertz CT molecular complexity index is 2170. The summed E-state index contributed by atoms with van der Waals surface area (Å²) in [5.41, 5.74) is -6.98. The van der Waals surface area contributed by atoms with Crippen LogP contribution in [0.2, 0.25) is 0 Å². The number of fused-ring (bicyclic) bond motifs is 5. The summed E-state index contributed by atoms with van der Waals surface area (Å²) in [5, 5.41) is 30.0. The quantitative estimate of drug-likeness (QED) is 0.0897. The molecule has 3 N–H and O–H groups in total. The van der Waals surface area contributed by atoms with E-state index in [9.17, 15) is 29.4 Å². The maximum Gasteiger partial charge on any atom is 0.408 e. The summed E-state index contributed by atoms with van der Waals surface area (Å²) in [7, 11) is 1.44. The van der Waals surface area contributed by atoms with Gasteiger partial charge in [0, 0.05) is 51.2 Å². The highest BCUT2D eigenvalue weighted by atomic mass is 16.7. The van der Waals surface area contributed by atoms with Crippen LogP contribution < -0.4 is 5.32 Å². The Morgan fingerprint density at radius 1 is 0.925 bits per heavy atom. The number of carbonyl (C=O) groups excluding carboxylic acids is 5. The van der Waals surface area contributed by atoms with E-state index < -0.39 is 125 Å². The van der Waals surface area contributed by atoms with E-state index in [0.717, 1.165) is 0 Å². The predicted molar refractivity (Wildman–Crippen MR) is 239 cm³/mol. The highest BCUT2D eigenvalue weighted by Gasteiger charge is 2.78. The normalized spacial score (nSPS) is 32.2. The van der Waals surface area contributed by atoms with Crippen molar-refractivity contribution in [3.8, 4) is 0 Å². The number of amides is 1. The number of rotatable bonds is 14. The van der Waals surface area contributed by atoms with Crippen molar-refractivity contribution in [1.82, 2.24) is 5.32 Å². The molecule has 13 atom stereocenters. The summed E-state index contributed by atoms with van der Waals surface area (Å²) in [6.45, 7) is 17.4. The van der Waals surface area contributed by atoms with Crippen LogP contribution >= 0.6 is 0 Å². The van der Waals surface area contributed by atoms with Crippen molar-refractivity contribution < 1.29 is 76.8 Å². The zero-order chi connectivity index (χ0) is 49.4. The number of ether oxygens (including phenoxy) is 9. The third-order valence-electron chi connectivity index (χ3n) is 14.0. The highest BCUT2D eigenvalue weighted by Crippen LogP contribution is 2.65. The van der Waals surface area contributed by atoms with Crippen LogP contribution in [0.15, 0.2) is 71.8 Å². The molecule has 3 aliphatic carbocycles. The molecule has 368 valence electrons. The lowest BCUT2D eigenvalue weighted by atomic mass is 9.44. The van der Waals surface area contributed by atoms with E-state index in [1.165, 1.54) is 21.0 Å². The molecule has 17 nitrogen and oxygen atoms in total. The lowest BCUT2D eigenvalue weighted by Gasteiger charge is -2.69. The average molecular weight is 938 g/mol. The predicted octanol–water partition coefficient (Wildman–Crippen LogP) is 5.68. The molecule has 17 heteroatoms. The van der Waals surface area contributed by atoms with E-state index in [4.69, 9.17) is 42.6 Å². The molecule has 1 saturated heterocycles. The van der Waals surface area contributed by atoms with Gasteiger partial charge in [-0.05, 0) is 70.4 Å². The second-order valence-corrected chi connectivity index (χ2v) is 19.7. The number of carbonyl (C=O) groups is 5. The van der Waals surface area contributed by atoms with Crippen LogP contribution in [0.5, 0.6) is 0 Å². The van der Waals surface area contributed by atoms with Crippen LogP contribution in [0.1, 0.15) is 111 Å². The zero-order valence-electron chi connectivity index (χ0n) is 40.5. The van der Waals surface area contributed by atoms with Gasteiger partial charge in [0.2, 0.25) is 0 Å². The lowest BCUT2D eigenvalue weighted by molar-refractivity contribution is -0.366. The van der Waals surface area contributed by atoms with Crippen molar-refractivity contribution in [3.05, 3.63) is 82.9 Å². The van der Waals surface area contributed by atoms with Gasteiger partial charge in [0.1, 0.15) is 35.6 Å². The number of esters is 4. The average Bonchev–Trinajstić information content (AvgIpc) is 3.24. The minimum Gasteiger partial charge on any atom is -0.456 e. The molecule has 67 heavy (non-hydrogen) atoms. The van der Waals surface area contributed by atoms with Gasteiger partial charge in [0.15, 0.2) is 24.1 Å². The molecule has 1 heterocycles. The molecular weight excluding hydrogens is 871 g/mol. The van der Waals surface area contributed by atoms with Gasteiger partial charge in [-0.2, -0.15) is 0 Å². The maximum absolute atomic E-state index is 15.1. The topological polar surface area (TPSA) is 221 Å². The van der Waals surface area contributed by atoms with Gasteiger partial charge in [-0.15, -0.1) is 0 Å². The molecule has 2 aromatic carbocycles. The van der Waals surface area contributed by atoms with Crippen LogP contribution in [0.4, 0.5) is 4.79 Å². The van der Waals surface area contributed by atoms with Crippen molar-refractivity contribution >= 4 is 30.0 Å². The van der Waals surface area contributed by atoms with Gasteiger partial charge in [-0.1, -0.05) is 69.3 Å². The minimum atomic E-state index is -2.30. The second kappa shape index (κ2) is 19.6. The summed E-state index contributed by atoms with van der Waals surface area (Å²) in [4.78, 5) is 69.6.